The van der Waals surface area contributed by atoms with Gasteiger partial charge in [-0.05, 0) is 24.6 Å². The average molecular weight is 325 g/mol. The van der Waals surface area contributed by atoms with Crippen molar-refractivity contribution in [2.45, 2.75) is 18.2 Å². The zero-order chi connectivity index (χ0) is 15.7. The summed E-state index contributed by atoms with van der Waals surface area (Å²) in [4.78, 5) is 10.1. The molecule has 3 nitrogen and oxygen atoms in total. The third-order valence-corrected chi connectivity index (χ3v) is 4.67. The van der Waals surface area contributed by atoms with Crippen LogP contribution in [0.2, 0.25) is 0 Å². The lowest BCUT2D eigenvalue weighted by molar-refractivity contribution is 1.09. The van der Waals surface area contributed by atoms with E-state index < -0.39 is 0 Å². The van der Waals surface area contributed by atoms with E-state index in [0.29, 0.717) is 0 Å². The number of fused-ring (bicyclic) bond motifs is 1. The summed E-state index contributed by atoms with van der Waals surface area (Å²) in [7, 11) is 0. The molecule has 0 fully saturated rings. The molecule has 1 aromatic rings. The van der Waals surface area contributed by atoms with Gasteiger partial charge in [0.1, 0.15) is 0 Å². The summed E-state index contributed by atoms with van der Waals surface area (Å²) in [6.07, 6.45) is 6.34. The number of nitrogens with zero attached hydrogens (tertiary/aromatic N) is 2. The van der Waals surface area contributed by atoms with Crippen molar-refractivity contribution < 1.29 is 0 Å². The molecule has 3 rings (SSSR count). The van der Waals surface area contributed by atoms with Gasteiger partial charge in [0.05, 0.1) is 22.7 Å². The van der Waals surface area contributed by atoms with E-state index in [1.165, 1.54) is 5.56 Å². The molecule has 2 heterocycles. The minimum Gasteiger partial charge on any atom is -0.334 e. The van der Waals surface area contributed by atoms with Gasteiger partial charge in [-0.1, -0.05) is 30.3 Å². The van der Waals surface area contributed by atoms with Crippen molar-refractivity contribution >= 4 is 41.0 Å². The lowest BCUT2D eigenvalue weighted by Gasteiger charge is -2.17. The number of hydrogen-bond donors (Lipinski definition) is 2. The Balaban J connectivity index is 1.68. The Hall–Kier alpha value is -1.90. The number of amidine groups is 1. The number of thiol groups is 1. The third kappa shape index (κ3) is 2.99. The fraction of sp³-hybridized carbons (Fsp3) is 0.176. The highest BCUT2D eigenvalue weighted by atomic mass is 32.2. The summed E-state index contributed by atoms with van der Waals surface area (Å²) in [5, 5.41) is 3.97. The summed E-state index contributed by atoms with van der Waals surface area (Å²) in [6.45, 7) is 5.85. The molecular formula is C17H15N3S2. The zero-order valence-corrected chi connectivity index (χ0v) is 13.9. The molecule has 0 radical (unpaired) electrons. The van der Waals surface area contributed by atoms with Crippen molar-refractivity contribution in [3.63, 3.8) is 0 Å². The van der Waals surface area contributed by atoms with Crippen molar-refractivity contribution in [1.29, 1.82) is 0 Å². The van der Waals surface area contributed by atoms with Gasteiger partial charge in [-0.15, -0.1) is 19.1 Å². The van der Waals surface area contributed by atoms with E-state index in [1.54, 1.807) is 11.8 Å². The second kappa shape index (κ2) is 6.07. The largest absolute Gasteiger partial charge is 0.334 e. The van der Waals surface area contributed by atoms with Crippen molar-refractivity contribution in [2.24, 2.45) is 9.98 Å². The van der Waals surface area contributed by atoms with Gasteiger partial charge in [-0.25, -0.2) is 4.99 Å². The fourth-order valence-corrected chi connectivity index (χ4v) is 3.44. The van der Waals surface area contributed by atoms with Crippen LogP contribution in [0.5, 0.6) is 0 Å². The highest BCUT2D eigenvalue weighted by molar-refractivity contribution is 8.14. The molecule has 0 saturated heterocycles. The van der Waals surface area contributed by atoms with Gasteiger partial charge in [-0.3, -0.25) is 4.99 Å². The second-order valence-electron chi connectivity index (χ2n) is 5.08. The molecular weight excluding hydrogens is 310 g/mol. The summed E-state index contributed by atoms with van der Waals surface area (Å²) in [5.74, 6) is 3.39. The first-order chi connectivity index (χ1) is 10.6. The number of aliphatic imine (C=N–C) groups is 2. The molecule has 0 spiro atoms. The fourth-order valence-electron chi connectivity index (χ4n) is 2.38. The minimum atomic E-state index is 0.730. The normalized spacial score (nSPS) is 16.7. The number of terminal acetylenes is 1. The monoisotopic (exact) mass is 325 g/mol. The number of hydrogen-bond acceptors (Lipinski definition) is 5. The van der Waals surface area contributed by atoms with Crippen LogP contribution in [-0.4, -0.2) is 16.6 Å². The maximum absolute atomic E-state index is 5.45. The van der Waals surface area contributed by atoms with Gasteiger partial charge in [0.2, 0.25) is 0 Å². The quantitative estimate of drug-likeness (QED) is 0.642. The van der Waals surface area contributed by atoms with E-state index in [0.717, 1.165) is 50.6 Å². The van der Waals surface area contributed by atoms with Crippen LogP contribution in [0.4, 0.5) is 5.69 Å². The molecule has 1 N–H and O–H groups in total. The number of thioether (sulfide) groups is 1. The second-order valence-corrected chi connectivity index (χ2v) is 6.56. The predicted molar refractivity (Wildman–Crippen MR) is 98.2 cm³/mol. The Morgan fingerprint density at radius 2 is 2.27 bits per heavy atom. The van der Waals surface area contributed by atoms with Crippen LogP contribution in [0.25, 0.3) is 0 Å². The Morgan fingerprint density at radius 1 is 1.45 bits per heavy atom. The first-order valence-electron chi connectivity index (χ1n) is 6.80. The van der Waals surface area contributed by atoms with E-state index in [2.05, 4.69) is 46.5 Å². The summed E-state index contributed by atoms with van der Waals surface area (Å²) >= 11 is 5.97. The van der Waals surface area contributed by atoms with E-state index in [1.807, 2.05) is 19.1 Å². The lowest BCUT2D eigenvalue weighted by Crippen LogP contribution is -2.25. The van der Waals surface area contributed by atoms with E-state index in [9.17, 15) is 0 Å². The van der Waals surface area contributed by atoms with Crippen LogP contribution in [0.1, 0.15) is 12.5 Å². The Morgan fingerprint density at radius 3 is 3.00 bits per heavy atom. The van der Waals surface area contributed by atoms with Gasteiger partial charge in [0.15, 0.2) is 5.17 Å². The highest BCUT2D eigenvalue weighted by Gasteiger charge is 2.18. The van der Waals surface area contributed by atoms with Crippen LogP contribution < -0.4 is 5.32 Å². The molecule has 0 amide bonds. The van der Waals surface area contributed by atoms with E-state index in [4.69, 9.17) is 6.42 Å². The summed E-state index contributed by atoms with van der Waals surface area (Å²) in [6, 6.07) is 6.09. The maximum Gasteiger partial charge on any atom is 0.166 e. The van der Waals surface area contributed by atoms with Gasteiger partial charge < -0.3 is 5.32 Å². The molecule has 22 heavy (non-hydrogen) atoms. The zero-order valence-electron chi connectivity index (χ0n) is 12.2. The first-order valence-corrected chi connectivity index (χ1v) is 8.23. The third-order valence-electron chi connectivity index (χ3n) is 3.45. The van der Waals surface area contributed by atoms with Gasteiger partial charge in [-0.2, -0.15) is 0 Å². The topological polar surface area (TPSA) is 36.8 Å². The smallest absolute Gasteiger partial charge is 0.166 e. The maximum atomic E-state index is 5.45. The van der Waals surface area contributed by atoms with Crippen molar-refractivity contribution in [3.05, 3.63) is 47.3 Å². The van der Waals surface area contributed by atoms with Gasteiger partial charge >= 0.3 is 0 Å². The van der Waals surface area contributed by atoms with Crippen LogP contribution in [0.15, 0.2) is 56.6 Å². The van der Waals surface area contributed by atoms with E-state index >= 15 is 0 Å². The van der Waals surface area contributed by atoms with Crippen molar-refractivity contribution in [3.8, 4) is 12.3 Å². The molecule has 110 valence electrons. The highest BCUT2D eigenvalue weighted by Crippen LogP contribution is 2.30. The first kappa shape index (κ1) is 15.0. The lowest BCUT2D eigenvalue weighted by atomic mass is 10.1. The molecule has 0 aromatic heterocycles. The van der Waals surface area contributed by atoms with E-state index in [-0.39, 0.29) is 0 Å². The molecule has 0 atom stereocenters. The average Bonchev–Trinajstić information content (AvgIpc) is 2.87. The summed E-state index contributed by atoms with van der Waals surface area (Å²) < 4.78 is 0. The Labute approximate surface area is 140 Å². The molecule has 0 unspecified atom stereocenters. The molecule has 0 bridgehead atoms. The molecule has 0 aliphatic carbocycles. The number of nitrogens with one attached hydrogen (secondary N) is 1. The number of allylic oxidation sites excluding steroid dienone is 2. The van der Waals surface area contributed by atoms with Crippen molar-refractivity contribution in [1.82, 2.24) is 5.32 Å². The van der Waals surface area contributed by atoms with Crippen LogP contribution >= 0.6 is 24.4 Å². The molecule has 1 aromatic carbocycles. The molecule has 5 heteroatoms. The number of rotatable bonds is 2. The molecule has 2 aliphatic rings. The SMILES string of the molecule is C#CC1=C(C)N=C(SCC2=Nc3cc(S)ccc3C2)NC1=C. The predicted octanol–water partition coefficient (Wildman–Crippen LogP) is 3.72. The van der Waals surface area contributed by atoms with Crippen LogP contribution in [-0.2, 0) is 6.42 Å². The minimum absolute atomic E-state index is 0.730. The molecule has 2 aliphatic heterocycles. The Bertz CT molecular complexity index is 795. The van der Waals surface area contributed by atoms with Crippen molar-refractivity contribution in [2.75, 3.05) is 5.75 Å². The Kier molecular flexibility index (Phi) is 4.14. The number of benzene rings is 1. The molecule has 0 saturated carbocycles. The van der Waals surface area contributed by atoms with Crippen LogP contribution in [0.3, 0.4) is 0 Å². The van der Waals surface area contributed by atoms with Crippen LogP contribution in [0, 0.1) is 12.3 Å². The summed E-state index contributed by atoms with van der Waals surface area (Å²) in [5.41, 5.74) is 5.70. The standard InChI is InChI=1S/C17H15N3S2/c1-4-15-10(2)18-17(19-11(15)3)22-9-13-7-12-5-6-14(21)8-16(12)20-13/h1,5-6,8,21H,2,7,9H2,3H3,(H,18,19). The van der Waals surface area contributed by atoms with Gasteiger partial charge in [0.25, 0.3) is 0 Å². The van der Waals surface area contributed by atoms with Gasteiger partial charge in [0, 0.05) is 22.8 Å².